The third-order valence-electron chi connectivity index (χ3n) is 3.28. The molecule has 3 heterocycles. The zero-order chi connectivity index (χ0) is 12.4. The Hall–Kier alpha value is -1.75. The number of hydrogen-bond acceptors (Lipinski definition) is 3. The van der Waals surface area contributed by atoms with Crippen molar-refractivity contribution < 1.29 is 4.39 Å². The van der Waals surface area contributed by atoms with E-state index in [0.29, 0.717) is 0 Å². The Kier molecular flexibility index (Phi) is 3.06. The summed E-state index contributed by atoms with van der Waals surface area (Å²) < 4.78 is 15.1. The molecular weight excluding hydrogens is 231 g/mol. The quantitative estimate of drug-likeness (QED) is 0.771. The molecule has 1 aliphatic heterocycles. The molecule has 1 saturated heterocycles. The van der Waals surface area contributed by atoms with Crippen LogP contribution in [0.5, 0.6) is 0 Å². The minimum Gasteiger partial charge on any atom is -0.336 e. The van der Waals surface area contributed by atoms with Gasteiger partial charge in [-0.3, -0.25) is 0 Å². The number of hydrogen-bond donors (Lipinski definition) is 0. The van der Waals surface area contributed by atoms with E-state index in [9.17, 15) is 4.39 Å². The first kappa shape index (κ1) is 11.3. The lowest BCUT2D eigenvalue weighted by molar-refractivity contribution is 0.174. The van der Waals surface area contributed by atoms with Crippen molar-refractivity contribution in [3.63, 3.8) is 0 Å². The average Bonchev–Trinajstić information content (AvgIpc) is 2.76. The first-order valence-corrected chi connectivity index (χ1v) is 6.17. The summed E-state index contributed by atoms with van der Waals surface area (Å²) in [6.07, 6.45) is 6.53. The van der Waals surface area contributed by atoms with Gasteiger partial charge in [-0.2, -0.15) is 4.39 Å². The highest BCUT2D eigenvalue weighted by Gasteiger charge is 2.13. The first-order valence-electron chi connectivity index (χ1n) is 6.17. The Morgan fingerprint density at radius 1 is 1.22 bits per heavy atom. The van der Waals surface area contributed by atoms with Crippen LogP contribution >= 0.6 is 0 Å². The highest BCUT2D eigenvalue weighted by atomic mass is 19.1. The molecule has 0 N–H and O–H groups in total. The Bertz CT molecular complexity index is 533. The van der Waals surface area contributed by atoms with Gasteiger partial charge in [0.25, 0.3) is 0 Å². The molecule has 1 aliphatic rings. The van der Waals surface area contributed by atoms with Gasteiger partial charge in [-0.05, 0) is 25.6 Å². The van der Waals surface area contributed by atoms with Gasteiger partial charge in [0.1, 0.15) is 0 Å². The topological polar surface area (TPSA) is 34.0 Å². The second-order valence-electron chi connectivity index (χ2n) is 4.56. The number of rotatable bonds is 4. The Morgan fingerprint density at radius 2 is 2.11 bits per heavy atom. The van der Waals surface area contributed by atoms with Crippen molar-refractivity contribution in [1.29, 1.82) is 0 Å². The van der Waals surface area contributed by atoms with Crippen LogP contribution in [0.15, 0.2) is 30.9 Å². The predicted molar refractivity (Wildman–Crippen MR) is 66.5 cm³/mol. The van der Waals surface area contributed by atoms with Gasteiger partial charge < -0.3 is 9.47 Å². The number of nitrogens with zero attached hydrogens (tertiary/aromatic N) is 4. The van der Waals surface area contributed by atoms with Crippen LogP contribution in [0.4, 0.5) is 4.39 Å². The number of halogens is 1. The van der Waals surface area contributed by atoms with E-state index in [1.807, 2.05) is 10.8 Å². The molecule has 0 aliphatic carbocycles. The molecule has 2 aromatic rings. The fourth-order valence-corrected chi connectivity index (χ4v) is 2.06. The fourth-order valence-electron chi connectivity index (χ4n) is 2.06. The molecule has 3 rings (SSSR count). The van der Waals surface area contributed by atoms with Gasteiger partial charge >= 0.3 is 0 Å². The van der Waals surface area contributed by atoms with Crippen LogP contribution in [0.1, 0.15) is 6.42 Å². The molecule has 0 amide bonds. The molecule has 0 radical (unpaired) electrons. The van der Waals surface area contributed by atoms with Crippen molar-refractivity contribution in [1.82, 2.24) is 19.4 Å². The molecular formula is C13H15FN4. The molecule has 5 heteroatoms. The van der Waals surface area contributed by atoms with Crippen LogP contribution < -0.4 is 0 Å². The van der Waals surface area contributed by atoms with E-state index in [2.05, 4.69) is 14.9 Å². The third kappa shape index (κ3) is 2.41. The van der Waals surface area contributed by atoms with Gasteiger partial charge in [-0.15, -0.1) is 0 Å². The van der Waals surface area contributed by atoms with Gasteiger partial charge in [0.05, 0.1) is 12.0 Å². The normalized spacial score (nSPS) is 15.6. The third-order valence-corrected chi connectivity index (χ3v) is 3.28. The number of aromatic nitrogens is 3. The van der Waals surface area contributed by atoms with Crippen molar-refractivity contribution >= 4 is 0 Å². The van der Waals surface area contributed by atoms with Crippen LogP contribution in [0.2, 0.25) is 0 Å². The Morgan fingerprint density at radius 3 is 2.83 bits per heavy atom. The van der Waals surface area contributed by atoms with Crippen molar-refractivity contribution in [3.8, 4) is 11.3 Å². The largest absolute Gasteiger partial charge is 0.336 e. The van der Waals surface area contributed by atoms with E-state index in [0.717, 1.165) is 24.3 Å². The zero-order valence-electron chi connectivity index (χ0n) is 10.1. The Balaban J connectivity index is 1.68. The SMILES string of the molecule is Fc1cc(-c2cn(CCN3CCC3)cn2)ccn1. The summed E-state index contributed by atoms with van der Waals surface area (Å²) in [5.74, 6) is -0.470. The van der Waals surface area contributed by atoms with Crippen LogP contribution in [-0.4, -0.2) is 39.1 Å². The molecule has 1 fully saturated rings. The summed E-state index contributed by atoms with van der Waals surface area (Å²) >= 11 is 0. The number of pyridine rings is 1. The highest BCUT2D eigenvalue weighted by molar-refractivity contribution is 5.57. The van der Waals surface area contributed by atoms with E-state index in [1.54, 1.807) is 12.4 Å². The zero-order valence-corrected chi connectivity index (χ0v) is 10.1. The van der Waals surface area contributed by atoms with Crippen molar-refractivity contribution in [2.24, 2.45) is 0 Å². The van der Waals surface area contributed by atoms with E-state index >= 15 is 0 Å². The molecule has 0 unspecified atom stereocenters. The number of imidazole rings is 1. The lowest BCUT2D eigenvalue weighted by Gasteiger charge is -2.30. The molecule has 18 heavy (non-hydrogen) atoms. The van der Waals surface area contributed by atoms with Gasteiger partial charge in [-0.1, -0.05) is 0 Å². The number of likely N-dealkylation sites (tertiary alicyclic amines) is 1. The monoisotopic (exact) mass is 246 g/mol. The Labute approximate surface area is 105 Å². The van der Waals surface area contributed by atoms with Crippen LogP contribution in [0.3, 0.4) is 0 Å². The minimum absolute atomic E-state index is 0.470. The molecule has 4 nitrogen and oxygen atoms in total. The maximum absolute atomic E-state index is 13.0. The molecule has 0 spiro atoms. The molecule has 0 bridgehead atoms. The lowest BCUT2D eigenvalue weighted by atomic mass is 10.2. The van der Waals surface area contributed by atoms with Gasteiger partial charge in [0.15, 0.2) is 0 Å². The van der Waals surface area contributed by atoms with E-state index in [4.69, 9.17) is 0 Å². The van der Waals surface area contributed by atoms with Gasteiger partial charge in [0.2, 0.25) is 5.95 Å². The lowest BCUT2D eigenvalue weighted by Crippen LogP contribution is -2.39. The molecule has 94 valence electrons. The summed E-state index contributed by atoms with van der Waals surface area (Å²) in [5.41, 5.74) is 1.56. The summed E-state index contributed by atoms with van der Waals surface area (Å²) in [6.45, 7) is 4.40. The first-order chi connectivity index (χ1) is 8.81. The van der Waals surface area contributed by atoms with Crippen molar-refractivity contribution in [3.05, 3.63) is 36.8 Å². The van der Waals surface area contributed by atoms with Crippen molar-refractivity contribution in [2.75, 3.05) is 19.6 Å². The predicted octanol–water partition coefficient (Wildman–Crippen LogP) is 1.79. The van der Waals surface area contributed by atoms with Crippen LogP contribution in [0.25, 0.3) is 11.3 Å². The summed E-state index contributed by atoms with van der Waals surface area (Å²) in [5, 5.41) is 0. The molecule has 0 saturated carbocycles. The summed E-state index contributed by atoms with van der Waals surface area (Å²) in [7, 11) is 0. The summed E-state index contributed by atoms with van der Waals surface area (Å²) in [6, 6.07) is 3.17. The smallest absolute Gasteiger partial charge is 0.213 e. The maximum Gasteiger partial charge on any atom is 0.213 e. The molecule has 0 aromatic carbocycles. The van der Waals surface area contributed by atoms with E-state index < -0.39 is 5.95 Å². The highest BCUT2D eigenvalue weighted by Crippen LogP contribution is 2.16. The van der Waals surface area contributed by atoms with Crippen LogP contribution in [0, 0.1) is 5.95 Å². The van der Waals surface area contributed by atoms with E-state index in [1.165, 1.54) is 31.8 Å². The van der Waals surface area contributed by atoms with E-state index in [-0.39, 0.29) is 0 Å². The van der Waals surface area contributed by atoms with Gasteiger partial charge in [-0.25, -0.2) is 9.97 Å². The summed E-state index contributed by atoms with van der Waals surface area (Å²) in [4.78, 5) is 10.3. The maximum atomic E-state index is 13.0. The average molecular weight is 246 g/mol. The van der Waals surface area contributed by atoms with Gasteiger partial charge in [0, 0.05) is 37.1 Å². The molecule has 2 aromatic heterocycles. The fraction of sp³-hybridized carbons (Fsp3) is 0.385. The second-order valence-corrected chi connectivity index (χ2v) is 4.56. The molecule has 0 atom stereocenters. The minimum atomic E-state index is -0.470. The van der Waals surface area contributed by atoms with Crippen molar-refractivity contribution in [2.45, 2.75) is 13.0 Å². The standard InChI is InChI=1S/C13H15FN4/c14-13-8-11(2-3-15-13)12-9-18(10-16-12)7-6-17-4-1-5-17/h2-3,8-10H,1,4-7H2. The van der Waals surface area contributed by atoms with Crippen LogP contribution in [-0.2, 0) is 6.54 Å². The second kappa shape index (κ2) is 4.86.